The highest BCUT2D eigenvalue weighted by Crippen LogP contribution is 2.24. The third-order valence-electron chi connectivity index (χ3n) is 4.06. The smallest absolute Gasteiger partial charge is 0.274 e. The first-order valence-electron chi connectivity index (χ1n) is 7.96. The van der Waals surface area contributed by atoms with Crippen molar-refractivity contribution in [2.75, 3.05) is 5.32 Å². The van der Waals surface area contributed by atoms with Crippen LogP contribution in [0, 0.1) is 20.8 Å². The van der Waals surface area contributed by atoms with Gasteiger partial charge in [-0.2, -0.15) is 0 Å². The Morgan fingerprint density at radius 1 is 1.21 bits per heavy atom. The number of aromatic nitrogens is 2. The molecular formula is C19H20BrN3O. The number of nitrogens with one attached hydrogen (secondary N) is 1. The molecule has 24 heavy (non-hydrogen) atoms. The number of pyridine rings is 1. The average molecular weight is 386 g/mol. The van der Waals surface area contributed by atoms with E-state index >= 15 is 0 Å². The van der Waals surface area contributed by atoms with Crippen molar-refractivity contribution in [1.82, 2.24) is 9.38 Å². The molecule has 0 radical (unpaired) electrons. The summed E-state index contributed by atoms with van der Waals surface area (Å²) < 4.78 is 2.76. The molecule has 4 nitrogen and oxygen atoms in total. The van der Waals surface area contributed by atoms with Crippen molar-refractivity contribution < 1.29 is 4.79 Å². The van der Waals surface area contributed by atoms with Crippen LogP contribution < -0.4 is 5.32 Å². The maximum atomic E-state index is 12.9. The Morgan fingerprint density at radius 2 is 1.96 bits per heavy atom. The van der Waals surface area contributed by atoms with Crippen molar-refractivity contribution in [2.45, 2.75) is 34.1 Å². The van der Waals surface area contributed by atoms with E-state index in [0.717, 1.165) is 32.6 Å². The molecule has 0 spiro atoms. The van der Waals surface area contributed by atoms with Gasteiger partial charge in [-0.25, -0.2) is 4.98 Å². The number of hydrogen-bond acceptors (Lipinski definition) is 2. The lowest BCUT2D eigenvalue weighted by Gasteiger charge is -2.10. The lowest BCUT2D eigenvalue weighted by Crippen LogP contribution is -2.17. The normalized spacial score (nSPS) is 11.0. The Labute approximate surface area is 150 Å². The molecule has 5 heteroatoms. The van der Waals surface area contributed by atoms with Gasteiger partial charge < -0.3 is 5.32 Å². The summed E-state index contributed by atoms with van der Waals surface area (Å²) in [7, 11) is 0. The van der Waals surface area contributed by atoms with Gasteiger partial charge in [0.1, 0.15) is 5.69 Å². The van der Waals surface area contributed by atoms with Crippen LogP contribution in [0.1, 0.15) is 39.8 Å². The Balaban J connectivity index is 2.09. The average Bonchev–Trinajstić information content (AvgIpc) is 2.88. The van der Waals surface area contributed by atoms with E-state index in [9.17, 15) is 4.79 Å². The second-order valence-corrected chi connectivity index (χ2v) is 6.95. The zero-order chi connectivity index (χ0) is 17.4. The van der Waals surface area contributed by atoms with Crippen molar-refractivity contribution >= 4 is 33.2 Å². The summed E-state index contributed by atoms with van der Waals surface area (Å²) in [5.41, 5.74) is 6.27. The Hall–Kier alpha value is -2.14. The van der Waals surface area contributed by atoms with Crippen molar-refractivity contribution in [3.63, 3.8) is 0 Å². The number of anilines is 1. The highest BCUT2D eigenvalue weighted by atomic mass is 79.9. The molecule has 0 aliphatic carbocycles. The van der Waals surface area contributed by atoms with Crippen LogP contribution in [0.25, 0.3) is 5.65 Å². The molecule has 0 bridgehead atoms. The van der Waals surface area contributed by atoms with Crippen molar-refractivity contribution in [3.05, 3.63) is 63.0 Å². The van der Waals surface area contributed by atoms with Crippen molar-refractivity contribution in [3.8, 4) is 0 Å². The maximum Gasteiger partial charge on any atom is 0.274 e. The summed E-state index contributed by atoms with van der Waals surface area (Å²) in [5.74, 6) is -0.135. The minimum Gasteiger partial charge on any atom is -0.320 e. The first-order valence-corrected chi connectivity index (χ1v) is 8.75. The van der Waals surface area contributed by atoms with Crippen LogP contribution in [0.3, 0.4) is 0 Å². The summed E-state index contributed by atoms with van der Waals surface area (Å²) >= 11 is 3.54. The number of carbonyl (C=O) groups is 1. The maximum absolute atomic E-state index is 12.9. The lowest BCUT2D eigenvalue weighted by atomic mass is 10.1. The standard InChI is InChI=1S/C19H20BrN3O/c1-5-15-17(23-10-12(3)9-14(20)18(23)21-15)19(24)22-16-7-6-11(2)8-13(16)4/h6-10H,5H2,1-4H3,(H,22,24). The van der Waals surface area contributed by atoms with E-state index in [2.05, 4.69) is 32.3 Å². The molecular weight excluding hydrogens is 366 g/mol. The molecule has 2 heterocycles. The molecule has 0 saturated carbocycles. The number of benzene rings is 1. The number of amides is 1. The van der Waals surface area contributed by atoms with Gasteiger partial charge in [-0.1, -0.05) is 24.6 Å². The van der Waals surface area contributed by atoms with Gasteiger partial charge in [0.2, 0.25) is 0 Å². The second-order valence-electron chi connectivity index (χ2n) is 6.09. The number of aryl methyl sites for hydroxylation is 4. The van der Waals surface area contributed by atoms with Crippen LogP contribution >= 0.6 is 15.9 Å². The second kappa shape index (κ2) is 6.40. The highest BCUT2D eigenvalue weighted by Gasteiger charge is 2.20. The fourth-order valence-corrected chi connectivity index (χ4v) is 3.54. The molecule has 0 unspecified atom stereocenters. The number of rotatable bonds is 3. The third-order valence-corrected chi connectivity index (χ3v) is 4.65. The zero-order valence-corrected chi connectivity index (χ0v) is 15.9. The van der Waals surface area contributed by atoms with Gasteiger partial charge in [-0.05, 0) is 66.4 Å². The molecule has 0 saturated heterocycles. The topological polar surface area (TPSA) is 46.4 Å². The first-order chi connectivity index (χ1) is 11.4. The predicted octanol–water partition coefficient (Wildman–Crippen LogP) is 4.84. The van der Waals surface area contributed by atoms with Crippen molar-refractivity contribution in [2.24, 2.45) is 0 Å². The molecule has 0 aliphatic heterocycles. The van der Waals surface area contributed by atoms with Gasteiger partial charge in [0, 0.05) is 11.9 Å². The number of fused-ring (bicyclic) bond motifs is 1. The number of hydrogen-bond donors (Lipinski definition) is 1. The third kappa shape index (κ3) is 2.96. The van der Waals surface area contributed by atoms with Crippen molar-refractivity contribution in [1.29, 1.82) is 0 Å². The molecule has 124 valence electrons. The van der Waals surface area contributed by atoms with Crippen LogP contribution in [-0.2, 0) is 6.42 Å². The largest absolute Gasteiger partial charge is 0.320 e. The summed E-state index contributed by atoms with van der Waals surface area (Å²) in [6.45, 7) is 8.05. The van der Waals surface area contributed by atoms with Gasteiger partial charge in [-0.3, -0.25) is 9.20 Å². The molecule has 1 amide bonds. The number of halogens is 1. The van der Waals surface area contributed by atoms with E-state index < -0.39 is 0 Å². The van der Waals surface area contributed by atoms with E-state index in [0.29, 0.717) is 12.1 Å². The van der Waals surface area contributed by atoms with Crippen LogP contribution in [0.2, 0.25) is 0 Å². The molecule has 3 rings (SSSR count). The molecule has 3 aromatic rings. The Morgan fingerprint density at radius 3 is 2.62 bits per heavy atom. The zero-order valence-electron chi connectivity index (χ0n) is 14.3. The van der Waals surface area contributed by atoms with Gasteiger partial charge in [0.05, 0.1) is 10.2 Å². The molecule has 0 fully saturated rings. The SMILES string of the molecule is CCc1nc2c(Br)cc(C)cn2c1C(=O)Nc1ccc(C)cc1C. The molecule has 0 aliphatic rings. The van der Waals surface area contributed by atoms with E-state index in [1.54, 1.807) is 0 Å². The van der Waals surface area contributed by atoms with E-state index in [-0.39, 0.29) is 5.91 Å². The molecule has 0 atom stereocenters. The van der Waals surface area contributed by atoms with E-state index in [1.807, 2.05) is 56.5 Å². The summed E-state index contributed by atoms with van der Waals surface area (Å²) in [5, 5.41) is 3.03. The summed E-state index contributed by atoms with van der Waals surface area (Å²) in [6, 6.07) is 8.01. The fourth-order valence-electron chi connectivity index (χ4n) is 2.90. The highest BCUT2D eigenvalue weighted by molar-refractivity contribution is 9.10. The summed E-state index contributed by atoms with van der Waals surface area (Å²) in [4.78, 5) is 17.6. The van der Waals surface area contributed by atoms with E-state index in [1.165, 1.54) is 5.56 Å². The van der Waals surface area contributed by atoms with E-state index in [4.69, 9.17) is 0 Å². The molecule has 1 aromatic carbocycles. The molecule has 2 aromatic heterocycles. The minimum absolute atomic E-state index is 0.135. The minimum atomic E-state index is -0.135. The van der Waals surface area contributed by atoms with Crippen LogP contribution in [0.4, 0.5) is 5.69 Å². The number of nitrogens with zero attached hydrogens (tertiary/aromatic N) is 2. The summed E-state index contributed by atoms with van der Waals surface area (Å²) in [6.07, 6.45) is 2.64. The van der Waals surface area contributed by atoms with Crippen LogP contribution in [-0.4, -0.2) is 15.3 Å². The van der Waals surface area contributed by atoms with Crippen LogP contribution in [0.15, 0.2) is 34.9 Å². The van der Waals surface area contributed by atoms with Crippen LogP contribution in [0.5, 0.6) is 0 Å². The predicted molar refractivity (Wildman–Crippen MR) is 101 cm³/mol. The van der Waals surface area contributed by atoms with Gasteiger partial charge in [0.15, 0.2) is 5.65 Å². The number of carbonyl (C=O) groups excluding carboxylic acids is 1. The Bertz CT molecular complexity index is 943. The fraction of sp³-hybridized carbons (Fsp3) is 0.263. The first kappa shape index (κ1) is 16.7. The Kier molecular flexibility index (Phi) is 4.45. The monoisotopic (exact) mass is 385 g/mol. The quantitative estimate of drug-likeness (QED) is 0.701. The lowest BCUT2D eigenvalue weighted by molar-refractivity contribution is 0.102. The van der Waals surface area contributed by atoms with Gasteiger partial charge in [-0.15, -0.1) is 0 Å². The van der Waals surface area contributed by atoms with Gasteiger partial charge >= 0.3 is 0 Å². The number of imidazole rings is 1. The molecule has 1 N–H and O–H groups in total. The van der Waals surface area contributed by atoms with Gasteiger partial charge in [0.25, 0.3) is 5.91 Å².